The molecule has 86 valence electrons. The molecular formula is C12H8Cl2N2S. The van der Waals surface area contributed by atoms with Crippen molar-refractivity contribution in [3.8, 4) is 0 Å². The topological polar surface area (TPSA) is 28.7 Å². The molecule has 2 heterocycles. The minimum Gasteiger partial charge on any atom is -0.342 e. The number of hydrogen-bond donors (Lipinski definition) is 1. The number of nitrogens with zero attached hydrogens (tertiary/aromatic N) is 1. The molecule has 0 aliphatic rings. The van der Waals surface area contributed by atoms with E-state index in [0.717, 1.165) is 23.3 Å². The van der Waals surface area contributed by atoms with E-state index >= 15 is 0 Å². The highest BCUT2D eigenvalue weighted by Crippen LogP contribution is 2.27. The Morgan fingerprint density at radius 1 is 1.24 bits per heavy atom. The third kappa shape index (κ3) is 2.18. The fourth-order valence-corrected chi connectivity index (χ4v) is 2.75. The van der Waals surface area contributed by atoms with Gasteiger partial charge in [-0.15, -0.1) is 11.3 Å². The van der Waals surface area contributed by atoms with E-state index in [1.807, 2.05) is 12.1 Å². The molecular weight excluding hydrogens is 275 g/mol. The number of imidazole rings is 1. The van der Waals surface area contributed by atoms with Crippen LogP contribution in [0.2, 0.25) is 10.0 Å². The highest BCUT2D eigenvalue weighted by atomic mass is 35.5. The largest absolute Gasteiger partial charge is 0.342 e. The van der Waals surface area contributed by atoms with Crippen molar-refractivity contribution in [1.82, 2.24) is 9.97 Å². The summed E-state index contributed by atoms with van der Waals surface area (Å²) < 4.78 is 0. The predicted octanol–water partition coefficient (Wildman–Crippen LogP) is 4.52. The van der Waals surface area contributed by atoms with Gasteiger partial charge in [0.15, 0.2) is 0 Å². The molecule has 0 bridgehead atoms. The second-order valence-corrected chi connectivity index (χ2v) is 5.57. The summed E-state index contributed by atoms with van der Waals surface area (Å²) in [4.78, 5) is 9.03. The SMILES string of the molecule is Clc1cc2nc(Cc3cccs3)[nH]c2cc1Cl. The second-order valence-electron chi connectivity index (χ2n) is 3.72. The molecule has 1 N–H and O–H groups in total. The Balaban J connectivity index is 2.02. The average Bonchev–Trinajstić information content (AvgIpc) is 2.89. The van der Waals surface area contributed by atoms with Crippen LogP contribution in [-0.4, -0.2) is 9.97 Å². The van der Waals surface area contributed by atoms with Crippen LogP contribution in [0.5, 0.6) is 0 Å². The quantitative estimate of drug-likeness (QED) is 0.735. The maximum absolute atomic E-state index is 5.96. The molecule has 0 spiro atoms. The summed E-state index contributed by atoms with van der Waals surface area (Å²) in [7, 11) is 0. The van der Waals surface area contributed by atoms with Crippen LogP contribution < -0.4 is 0 Å². The Kier molecular flexibility index (Phi) is 2.82. The van der Waals surface area contributed by atoms with Gasteiger partial charge in [-0.1, -0.05) is 29.3 Å². The zero-order valence-corrected chi connectivity index (χ0v) is 11.0. The highest BCUT2D eigenvalue weighted by molar-refractivity contribution is 7.09. The molecule has 3 aromatic rings. The maximum atomic E-state index is 5.96. The van der Waals surface area contributed by atoms with Gasteiger partial charge in [-0.3, -0.25) is 0 Å². The lowest BCUT2D eigenvalue weighted by Crippen LogP contribution is -1.86. The van der Waals surface area contributed by atoms with Gasteiger partial charge >= 0.3 is 0 Å². The van der Waals surface area contributed by atoms with Gasteiger partial charge in [0.05, 0.1) is 21.1 Å². The average molecular weight is 283 g/mol. The zero-order valence-electron chi connectivity index (χ0n) is 8.71. The molecule has 1 aromatic carbocycles. The van der Waals surface area contributed by atoms with E-state index in [-0.39, 0.29) is 0 Å². The van der Waals surface area contributed by atoms with E-state index in [1.165, 1.54) is 4.88 Å². The van der Waals surface area contributed by atoms with Crippen LogP contribution in [0.3, 0.4) is 0 Å². The summed E-state index contributed by atoms with van der Waals surface area (Å²) in [5, 5.41) is 3.14. The standard InChI is InChI=1S/C12H8Cl2N2S/c13-8-5-10-11(6-9(8)14)16-12(15-10)4-7-2-1-3-17-7/h1-3,5-6H,4H2,(H,15,16). The zero-order chi connectivity index (χ0) is 11.8. The van der Waals surface area contributed by atoms with E-state index in [4.69, 9.17) is 23.2 Å². The van der Waals surface area contributed by atoms with Crippen LogP contribution in [0.1, 0.15) is 10.7 Å². The lowest BCUT2D eigenvalue weighted by Gasteiger charge is -1.93. The number of aromatic amines is 1. The van der Waals surface area contributed by atoms with Gasteiger partial charge in [0.25, 0.3) is 0 Å². The van der Waals surface area contributed by atoms with Gasteiger partial charge in [-0.2, -0.15) is 0 Å². The van der Waals surface area contributed by atoms with Crippen molar-refractivity contribution in [2.75, 3.05) is 0 Å². The van der Waals surface area contributed by atoms with Crippen molar-refractivity contribution in [3.05, 3.63) is 50.4 Å². The fraction of sp³-hybridized carbons (Fsp3) is 0.0833. The van der Waals surface area contributed by atoms with E-state index < -0.39 is 0 Å². The molecule has 5 heteroatoms. The Morgan fingerprint density at radius 2 is 2.06 bits per heavy atom. The van der Waals surface area contributed by atoms with Crippen molar-refractivity contribution in [3.63, 3.8) is 0 Å². The lowest BCUT2D eigenvalue weighted by atomic mass is 10.3. The molecule has 2 aromatic heterocycles. The molecule has 0 aliphatic heterocycles. The van der Waals surface area contributed by atoms with Crippen molar-refractivity contribution in [2.45, 2.75) is 6.42 Å². The summed E-state index contributed by atoms with van der Waals surface area (Å²) in [5.74, 6) is 0.931. The first-order chi connectivity index (χ1) is 8.22. The third-order valence-corrected chi connectivity index (χ3v) is 4.09. The monoisotopic (exact) mass is 282 g/mol. The first-order valence-electron chi connectivity index (χ1n) is 5.08. The Bertz CT molecular complexity index is 620. The molecule has 0 aliphatic carbocycles. The Morgan fingerprint density at radius 3 is 2.82 bits per heavy atom. The van der Waals surface area contributed by atoms with Crippen molar-refractivity contribution in [1.29, 1.82) is 0 Å². The molecule has 2 nitrogen and oxygen atoms in total. The minimum absolute atomic E-state index is 0.536. The molecule has 0 saturated carbocycles. The number of aromatic nitrogens is 2. The van der Waals surface area contributed by atoms with Crippen molar-refractivity contribution in [2.24, 2.45) is 0 Å². The minimum atomic E-state index is 0.536. The van der Waals surface area contributed by atoms with Gasteiger partial charge in [0.2, 0.25) is 0 Å². The number of hydrogen-bond acceptors (Lipinski definition) is 2. The molecule has 0 saturated heterocycles. The first kappa shape index (κ1) is 11.1. The van der Waals surface area contributed by atoms with Crippen molar-refractivity contribution < 1.29 is 0 Å². The number of halogens is 2. The number of rotatable bonds is 2. The van der Waals surface area contributed by atoms with E-state index in [0.29, 0.717) is 10.0 Å². The summed E-state index contributed by atoms with van der Waals surface area (Å²) in [6, 6.07) is 7.73. The number of fused-ring (bicyclic) bond motifs is 1. The third-order valence-electron chi connectivity index (χ3n) is 2.49. The summed E-state index contributed by atoms with van der Waals surface area (Å²) >= 11 is 13.6. The molecule has 0 atom stereocenters. The summed E-state index contributed by atoms with van der Waals surface area (Å²) in [6.45, 7) is 0. The van der Waals surface area contributed by atoms with Crippen LogP contribution in [0, 0.1) is 0 Å². The summed E-state index contributed by atoms with van der Waals surface area (Å²) in [5.41, 5.74) is 1.77. The number of thiophene rings is 1. The van der Waals surface area contributed by atoms with Crippen LogP contribution in [0.25, 0.3) is 11.0 Å². The molecule has 17 heavy (non-hydrogen) atoms. The highest BCUT2D eigenvalue weighted by Gasteiger charge is 2.07. The lowest BCUT2D eigenvalue weighted by molar-refractivity contribution is 1.06. The molecule has 3 rings (SSSR count). The van der Waals surface area contributed by atoms with Crippen LogP contribution in [0.4, 0.5) is 0 Å². The maximum Gasteiger partial charge on any atom is 0.112 e. The van der Waals surface area contributed by atoms with E-state index in [2.05, 4.69) is 21.4 Å². The Labute approximate surface area is 112 Å². The van der Waals surface area contributed by atoms with Crippen molar-refractivity contribution >= 4 is 45.6 Å². The van der Waals surface area contributed by atoms with E-state index in [1.54, 1.807) is 17.4 Å². The van der Waals surface area contributed by atoms with Gasteiger partial charge in [-0.05, 0) is 23.6 Å². The number of H-pyrrole nitrogens is 1. The first-order valence-corrected chi connectivity index (χ1v) is 6.72. The molecule has 0 unspecified atom stereocenters. The van der Waals surface area contributed by atoms with Gasteiger partial charge < -0.3 is 4.98 Å². The van der Waals surface area contributed by atoms with Gasteiger partial charge in [-0.25, -0.2) is 4.98 Å². The van der Waals surface area contributed by atoms with Crippen LogP contribution in [-0.2, 0) is 6.42 Å². The number of benzene rings is 1. The van der Waals surface area contributed by atoms with Gasteiger partial charge in [0.1, 0.15) is 5.82 Å². The molecule has 0 amide bonds. The molecule has 0 radical (unpaired) electrons. The Hall–Kier alpha value is -1.03. The van der Waals surface area contributed by atoms with Gasteiger partial charge in [0, 0.05) is 11.3 Å². The number of nitrogens with one attached hydrogen (secondary N) is 1. The smallest absolute Gasteiger partial charge is 0.112 e. The normalized spacial score (nSPS) is 11.2. The second kappa shape index (κ2) is 4.33. The summed E-state index contributed by atoms with van der Waals surface area (Å²) in [6.07, 6.45) is 0.807. The molecule has 0 fully saturated rings. The van der Waals surface area contributed by atoms with E-state index in [9.17, 15) is 0 Å². The van der Waals surface area contributed by atoms with Crippen LogP contribution >= 0.6 is 34.5 Å². The predicted molar refractivity (Wildman–Crippen MR) is 73.2 cm³/mol. The van der Waals surface area contributed by atoms with Crippen LogP contribution in [0.15, 0.2) is 29.6 Å². The fourth-order valence-electron chi connectivity index (χ4n) is 1.72.